The van der Waals surface area contributed by atoms with Crippen LogP contribution in [0, 0.1) is 0 Å². The van der Waals surface area contributed by atoms with Gasteiger partial charge in [-0.15, -0.1) is 0 Å². The van der Waals surface area contributed by atoms with E-state index in [1.807, 2.05) is 34.9 Å². The molecule has 0 fully saturated rings. The van der Waals surface area contributed by atoms with Crippen molar-refractivity contribution in [3.05, 3.63) is 53.3 Å². The maximum absolute atomic E-state index is 5.73. The molecule has 0 bridgehead atoms. The molecule has 5 nitrogen and oxygen atoms in total. The maximum atomic E-state index is 5.73. The smallest absolute Gasteiger partial charge is 0.152 e. The monoisotopic (exact) mass is 333 g/mol. The van der Waals surface area contributed by atoms with Gasteiger partial charge >= 0.3 is 0 Å². The number of rotatable bonds is 4. The van der Waals surface area contributed by atoms with Crippen LogP contribution in [0.3, 0.4) is 0 Å². The quantitative estimate of drug-likeness (QED) is 0.736. The third-order valence-corrected chi connectivity index (χ3v) is 3.49. The van der Waals surface area contributed by atoms with Crippen LogP contribution in [0.1, 0.15) is 5.82 Å². The second-order valence-electron chi connectivity index (χ2n) is 4.11. The number of aromatic nitrogens is 3. The molecular weight excluding hydrogens is 322 g/mol. The molecule has 0 saturated heterocycles. The first-order valence-corrected chi connectivity index (χ1v) is 6.80. The standard InChI is InChI=1S/C14H12BrN3O2/c1-19-10-2-4-11(5-3-10)20-9-13-17-14(15)12-8-16-6-7-18(12)13/h2-8H,9H2,1H3. The fraction of sp³-hybridized carbons (Fsp3) is 0.143. The number of nitrogens with zero attached hydrogens (tertiary/aromatic N) is 3. The molecule has 3 aromatic rings. The second kappa shape index (κ2) is 5.50. The predicted molar refractivity (Wildman–Crippen MR) is 78.0 cm³/mol. The normalized spacial score (nSPS) is 10.7. The molecule has 0 N–H and O–H groups in total. The Labute approximate surface area is 124 Å². The molecular formula is C14H12BrN3O2. The highest BCUT2D eigenvalue weighted by atomic mass is 79.9. The van der Waals surface area contributed by atoms with Crippen LogP contribution in [-0.4, -0.2) is 21.5 Å². The molecule has 0 radical (unpaired) electrons. The first-order chi connectivity index (χ1) is 9.78. The summed E-state index contributed by atoms with van der Waals surface area (Å²) in [4.78, 5) is 8.51. The Kier molecular flexibility index (Phi) is 3.56. The zero-order chi connectivity index (χ0) is 13.9. The lowest BCUT2D eigenvalue weighted by Gasteiger charge is -2.06. The van der Waals surface area contributed by atoms with Gasteiger partial charge in [0.1, 0.15) is 22.7 Å². The van der Waals surface area contributed by atoms with E-state index in [9.17, 15) is 0 Å². The summed E-state index contributed by atoms with van der Waals surface area (Å²) in [5, 5.41) is 0. The lowest BCUT2D eigenvalue weighted by Crippen LogP contribution is -2.01. The van der Waals surface area contributed by atoms with Crippen LogP contribution < -0.4 is 9.47 Å². The van der Waals surface area contributed by atoms with Crippen LogP contribution in [0.2, 0.25) is 0 Å². The molecule has 2 aromatic heterocycles. The molecule has 6 heteroatoms. The van der Waals surface area contributed by atoms with Crippen molar-refractivity contribution in [2.75, 3.05) is 7.11 Å². The summed E-state index contributed by atoms with van der Waals surface area (Å²) in [6.07, 6.45) is 5.34. The zero-order valence-corrected chi connectivity index (χ0v) is 12.4. The van der Waals surface area contributed by atoms with E-state index in [0.29, 0.717) is 6.61 Å². The van der Waals surface area contributed by atoms with Crippen molar-refractivity contribution in [1.82, 2.24) is 14.4 Å². The van der Waals surface area contributed by atoms with E-state index in [4.69, 9.17) is 9.47 Å². The minimum atomic E-state index is 0.378. The molecule has 2 heterocycles. The average Bonchev–Trinajstić information content (AvgIpc) is 2.83. The minimum absolute atomic E-state index is 0.378. The minimum Gasteiger partial charge on any atom is -0.497 e. The zero-order valence-electron chi connectivity index (χ0n) is 10.8. The van der Waals surface area contributed by atoms with E-state index in [1.165, 1.54) is 0 Å². The molecule has 102 valence electrons. The van der Waals surface area contributed by atoms with Crippen molar-refractivity contribution in [3.8, 4) is 11.5 Å². The Morgan fingerprint density at radius 1 is 1.20 bits per heavy atom. The van der Waals surface area contributed by atoms with Gasteiger partial charge in [-0.1, -0.05) is 0 Å². The summed E-state index contributed by atoms with van der Waals surface area (Å²) in [7, 11) is 1.64. The molecule has 3 rings (SSSR count). The number of ether oxygens (including phenoxy) is 2. The number of hydrogen-bond donors (Lipinski definition) is 0. The molecule has 1 aromatic carbocycles. The molecule has 0 spiro atoms. The lowest BCUT2D eigenvalue weighted by molar-refractivity contribution is 0.294. The molecule has 0 aliphatic carbocycles. The predicted octanol–water partition coefficient (Wildman–Crippen LogP) is 3.08. The van der Waals surface area contributed by atoms with Crippen molar-refractivity contribution in [2.24, 2.45) is 0 Å². The Balaban J connectivity index is 1.79. The molecule has 0 atom stereocenters. The number of methoxy groups -OCH3 is 1. The van der Waals surface area contributed by atoms with Gasteiger partial charge in [0.2, 0.25) is 0 Å². The lowest BCUT2D eigenvalue weighted by atomic mass is 10.3. The fourth-order valence-corrected chi connectivity index (χ4v) is 2.38. The molecule has 0 saturated carbocycles. The SMILES string of the molecule is COc1ccc(OCc2nc(Br)c3cnccn23)cc1. The average molecular weight is 334 g/mol. The maximum Gasteiger partial charge on any atom is 0.152 e. The third-order valence-electron chi connectivity index (χ3n) is 2.90. The summed E-state index contributed by atoms with van der Waals surface area (Å²) in [5.41, 5.74) is 0.917. The molecule has 0 amide bonds. The van der Waals surface area contributed by atoms with Crippen molar-refractivity contribution >= 4 is 21.4 Å². The van der Waals surface area contributed by atoms with Crippen LogP contribution in [0.4, 0.5) is 0 Å². The largest absolute Gasteiger partial charge is 0.497 e. The van der Waals surface area contributed by atoms with Crippen LogP contribution in [0.5, 0.6) is 11.5 Å². The van der Waals surface area contributed by atoms with Crippen LogP contribution in [0.25, 0.3) is 5.52 Å². The number of hydrogen-bond acceptors (Lipinski definition) is 4. The van der Waals surface area contributed by atoms with E-state index in [2.05, 4.69) is 25.9 Å². The Morgan fingerprint density at radius 3 is 2.70 bits per heavy atom. The van der Waals surface area contributed by atoms with E-state index in [0.717, 1.165) is 27.4 Å². The van der Waals surface area contributed by atoms with Gasteiger partial charge in [0, 0.05) is 12.4 Å². The van der Waals surface area contributed by atoms with Gasteiger partial charge in [-0.3, -0.25) is 9.38 Å². The highest BCUT2D eigenvalue weighted by Crippen LogP contribution is 2.21. The molecule has 0 aliphatic rings. The van der Waals surface area contributed by atoms with E-state index in [1.54, 1.807) is 19.5 Å². The van der Waals surface area contributed by atoms with Crippen molar-refractivity contribution < 1.29 is 9.47 Å². The number of halogens is 1. The summed E-state index contributed by atoms with van der Waals surface area (Å²) in [6.45, 7) is 0.378. The Morgan fingerprint density at radius 2 is 1.95 bits per heavy atom. The van der Waals surface area contributed by atoms with Gasteiger partial charge in [0.15, 0.2) is 5.82 Å². The van der Waals surface area contributed by atoms with Crippen molar-refractivity contribution in [2.45, 2.75) is 6.61 Å². The van der Waals surface area contributed by atoms with Gasteiger partial charge < -0.3 is 9.47 Å². The molecule has 0 unspecified atom stereocenters. The van der Waals surface area contributed by atoms with E-state index in [-0.39, 0.29) is 0 Å². The van der Waals surface area contributed by atoms with E-state index >= 15 is 0 Å². The molecule has 0 aliphatic heterocycles. The van der Waals surface area contributed by atoms with Gasteiger partial charge in [0.25, 0.3) is 0 Å². The fourth-order valence-electron chi connectivity index (χ4n) is 1.89. The molecule has 20 heavy (non-hydrogen) atoms. The summed E-state index contributed by atoms with van der Waals surface area (Å²) in [6, 6.07) is 7.45. The van der Waals surface area contributed by atoms with Gasteiger partial charge in [0.05, 0.1) is 18.8 Å². The summed E-state index contributed by atoms with van der Waals surface area (Å²) < 4.78 is 13.5. The second-order valence-corrected chi connectivity index (χ2v) is 4.87. The Bertz CT molecular complexity index is 725. The van der Waals surface area contributed by atoms with Crippen molar-refractivity contribution in [1.29, 1.82) is 0 Å². The van der Waals surface area contributed by atoms with Crippen LogP contribution >= 0.6 is 15.9 Å². The number of benzene rings is 1. The van der Waals surface area contributed by atoms with Gasteiger partial charge in [-0.2, -0.15) is 0 Å². The third kappa shape index (κ3) is 2.46. The first-order valence-electron chi connectivity index (χ1n) is 6.01. The number of imidazole rings is 1. The van der Waals surface area contributed by atoms with Crippen LogP contribution in [0.15, 0.2) is 47.5 Å². The Hall–Kier alpha value is -2.08. The first kappa shape index (κ1) is 12.9. The number of fused-ring (bicyclic) bond motifs is 1. The van der Waals surface area contributed by atoms with Crippen LogP contribution in [-0.2, 0) is 6.61 Å². The summed E-state index contributed by atoms with van der Waals surface area (Å²) >= 11 is 3.42. The van der Waals surface area contributed by atoms with E-state index < -0.39 is 0 Å². The topological polar surface area (TPSA) is 48.7 Å². The summed E-state index contributed by atoms with van der Waals surface area (Å²) in [5.74, 6) is 2.38. The highest BCUT2D eigenvalue weighted by Gasteiger charge is 2.09. The highest BCUT2D eigenvalue weighted by molar-refractivity contribution is 9.10. The van der Waals surface area contributed by atoms with Gasteiger partial charge in [-0.05, 0) is 40.2 Å². The van der Waals surface area contributed by atoms with Gasteiger partial charge in [-0.25, -0.2) is 4.98 Å². The van der Waals surface area contributed by atoms with Crippen molar-refractivity contribution in [3.63, 3.8) is 0 Å².